The molecule has 1 aromatic rings. The number of benzene rings is 1. The number of Topliss-reactive ketones (excluding diaryl/α,β-unsaturated/α-hetero) is 1. The molecule has 0 saturated carbocycles. The van der Waals surface area contributed by atoms with Crippen LogP contribution in [0.4, 0.5) is 26.3 Å². The van der Waals surface area contributed by atoms with E-state index < -0.39 is 49.3 Å². The number of carbonyl (C=O) groups is 2. The maximum Gasteiger partial charge on any atom is 0.457 e. The molecule has 0 fully saturated rings. The van der Waals surface area contributed by atoms with Crippen molar-refractivity contribution >= 4 is 21.6 Å². The van der Waals surface area contributed by atoms with Crippen LogP contribution in [0, 0.1) is 5.82 Å². The summed E-state index contributed by atoms with van der Waals surface area (Å²) in [5, 5.41) is -5.90. The van der Waals surface area contributed by atoms with Gasteiger partial charge in [-0.1, -0.05) is 0 Å². The minimum Gasteiger partial charge on any atom is -0.465 e. The molecule has 0 bridgehead atoms. The molecular formula is C11H6F6O5S. The monoisotopic (exact) mass is 364 g/mol. The van der Waals surface area contributed by atoms with Gasteiger partial charge < -0.3 is 4.74 Å². The van der Waals surface area contributed by atoms with Crippen LogP contribution in [-0.2, 0) is 19.4 Å². The van der Waals surface area contributed by atoms with Gasteiger partial charge in [0.05, 0.1) is 17.6 Å². The second-order valence-electron chi connectivity index (χ2n) is 4.01. The first kappa shape index (κ1) is 18.9. The Morgan fingerprint density at radius 1 is 1.04 bits per heavy atom. The van der Waals surface area contributed by atoms with Gasteiger partial charge in [-0.05, 0) is 18.2 Å². The van der Waals surface area contributed by atoms with Crippen LogP contribution < -0.4 is 0 Å². The summed E-state index contributed by atoms with van der Waals surface area (Å²) in [5.41, 5.74) is -0.846. The van der Waals surface area contributed by atoms with Crippen LogP contribution in [0.25, 0.3) is 0 Å². The Kier molecular flexibility index (Phi) is 4.80. The van der Waals surface area contributed by atoms with E-state index in [-0.39, 0.29) is 12.1 Å². The number of ether oxygens (including phenoxy) is 1. The largest absolute Gasteiger partial charge is 0.465 e. The average Bonchev–Trinajstić information content (AvgIpc) is 2.43. The maximum absolute atomic E-state index is 13.4. The van der Waals surface area contributed by atoms with Crippen LogP contribution in [0.1, 0.15) is 10.4 Å². The second kappa shape index (κ2) is 5.83. The molecule has 0 aliphatic rings. The summed E-state index contributed by atoms with van der Waals surface area (Å²) in [6.45, 7) is 0. The topological polar surface area (TPSA) is 77.5 Å². The molecule has 1 aromatic carbocycles. The summed E-state index contributed by atoms with van der Waals surface area (Å²) < 4.78 is 104. The molecule has 0 N–H and O–H groups in total. The van der Waals surface area contributed by atoms with E-state index in [1.165, 1.54) is 0 Å². The molecule has 0 spiro atoms. The molecule has 128 valence electrons. The molecule has 12 heteroatoms. The molecule has 0 atom stereocenters. The summed E-state index contributed by atoms with van der Waals surface area (Å²) in [7, 11) is -5.45. The fraction of sp³-hybridized carbons (Fsp3) is 0.273. The Hall–Kier alpha value is -2.11. The van der Waals surface area contributed by atoms with Gasteiger partial charge in [-0.15, -0.1) is 0 Å². The summed E-state index contributed by atoms with van der Waals surface area (Å²) >= 11 is 0. The zero-order chi connectivity index (χ0) is 18.2. The van der Waals surface area contributed by atoms with Gasteiger partial charge in [-0.3, -0.25) is 4.79 Å². The predicted octanol–water partition coefficient (Wildman–Crippen LogP) is 2.11. The first-order valence-electron chi connectivity index (χ1n) is 5.38. The number of hydrogen-bond donors (Lipinski definition) is 0. The lowest BCUT2D eigenvalue weighted by atomic mass is 10.2. The zero-order valence-corrected chi connectivity index (χ0v) is 11.8. The Morgan fingerprint density at radius 2 is 1.57 bits per heavy atom. The molecule has 23 heavy (non-hydrogen) atoms. The highest BCUT2D eigenvalue weighted by atomic mass is 32.2. The van der Waals surface area contributed by atoms with Crippen molar-refractivity contribution in [2.24, 2.45) is 0 Å². The van der Waals surface area contributed by atoms with Crippen LogP contribution >= 0.6 is 0 Å². The Labute approximate surface area is 124 Å². The van der Waals surface area contributed by atoms with Gasteiger partial charge >= 0.3 is 23.2 Å². The van der Waals surface area contributed by atoms with Crippen molar-refractivity contribution in [2.75, 3.05) is 7.11 Å². The van der Waals surface area contributed by atoms with Gasteiger partial charge in [0.2, 0.25) is 0 Å². The quantitative estimate of drug-likeness (QED) is 0.604. The third-order valence-corrected chi connectivity index (χ3v) is 4.18. The van der Waals surface area contributed by atoms with E-state index >= 15 is 0 Å². The van der Waals surface area contributed by atoms with Crippen molar-refractivity contribution < 1.29 is 49.1 Å². The number of ketones is 1. The molecule has 0 heterocycles. The molecule has 0 saturated heterocycles. The van der Waals surface area contributed by atoms with Crippen molar-refractivity contribution in [3.8, 4) is 0 Å². The van der Waals surface area contributed by atoms with Crippen LogP contribution in [-0.4, -0.2) is 38.7 Å². The Bertz CT molecular complexity index is 753. The van der Waals surface area contributed by atoms with E-state index in [1.807, 2.05) is 0 Å². The number of hydrogen-bond acceptors (Lipinski definition) is 5. The smallest absolute Gasteiger partial charge is 0.457 e. The lowest BCUT2D eigenvalue weighted by Gasteiger charge is -2.17. The van der Waals surface area contributed by atoms with Crippen molar-refractivity contribution in [1.29, 1.82) is 0 Å². The molecule has 5 nitrogen and oxygen atoms in total. The second-order valence-corrected chi connectivity index (χ2v) is 6.01. The van der Waals surface area contributed by atoms with E-state index in [4.69, 9.17) is 0 Å². The van der Waals surface area contributed by atoms with E-state index in [1.54, 1.807) is 0 Å². The third-order valence-electron chi connectivity index (χ3n) is 2.46. The van der Waals surface area contributed by atoms with E-state index in [0.29, 0.717) is 6.07 Å². The Balaban J connectivity index is 3.53. The number of sulfone groups is 1. The van der Waals surface area contributed by atoms with Gasteiger partial charge in [-0.25, -0.2) is 17.6 Å². The molecule has 0 unspecified atom stereocenters. The number of esters is 1. The zero-order valence-electron chi connectivity index (χ0n) is 10.9. The Morgan fingerprint density at radius 3 is 2.00 bits per heavy atom. The molecule has 0 aliphatic heterocycles. The number of carbonyl (C=O) groups excluding carboxylic acids is 2. The van der Waals surface area contributed by atoms with Crippen LogP contribution in [0.3, 0.4) is 0 Å². The van der Waals surface area contributed by atoms with Gasteiger partial charge in [0.15, 0.2) is 0 Å². The van der Waals surface area contributed by atoms with Crippen molar-refractivity contribution in [3.05, 3.63) is 29.6 Å². The van der Waals surface area contributed by atoms with Crippen molar-refractivity contribution in [3.63, 3.8) is 0 Å². The SMILES string of the molecule is COC(=O)c1cc(F)cc(S(=O)(=O)C(F)(F)C(=O)C(F)(F)F)c1. The molecule has 0 aromatic heterocycles. The molecule has 0 amide bonds. The van der Waals surface area contributed by atoms with Gasteiger partial charge in [0, 0.05) is 0 Å². The highest BCUT2D eigenvalue weighted by molar-refractivity contribution is 7.93. The summed E-state index contributed by atoms with van der Waals surface area (Å²) in [6, 6.07) is 0.524. The first-order valence-corrected chi connectivity index (χ1v) is 6.86. The highest BCUT2D eigenvalue weighted by Crippen LogP contribution is 2.36. The number of rotatable bonds is 4. The lowest BCUT2D eigenvalue weighted by Crippen LogP contribution is -2.45. The number of alkyl halides is 5. The maximum atomic E-state index is 13.4. The fourth-order valence-corrected chi connectivity index (χ4v) is 2.59. The van der Waals surface area contributed by atoms with Crippen LogP contribution in [0.5, 0.6) is 0 Å². The predicted molar refractivity (Wildman–Crippen MR) is 60.9 cm³/mol. The van der Waals surface area contributed by atoms with Gasteiger partial charge in [0.25, 0.3) is 9.84 Å². The van der Waals surface area contributed by atoms with Crippen LogP contribution in [0.2, 0.25) is 0 Å². The molecule has 1 rings (SSSR count). The molecule has 0 radical (unpaired) electrons. The van der Waals surface area contributed by atoms with E-state index in [0.717, 1.165) is 7.11 Å². The normalized spacial score (nSPS) is 12.8. The number of methoxy groups -OCH3 is 1. The molecule has 0 aliphatic carbocycles. The number of halogens is 6. The summed E-state index contributed by atoms with van der Waals surface area (Å²) in [6.07, 6.45) is -6.14. The van der Waals surface area contributed by atoms with Crippen molar-refractivity contribution in [2.45, 2.75) is 16.3 Å². The van der Waals surface area contributed by atoms with E-state index in [2.05, 4.69) is 4.74 Å². The average molecular weight is 364 g/mol. The lowest BCUT2D eigenvalue weighted by molar-refractivity contribution is -0.186. The fourth-order valence-electron chi connectivity index (χ4n) is 1.39. The summed E-state index contributed by atoms with van der Waals surface area (Å²) in [4.78, 5) is 20.1. The minimum atomic E-state index is -6.26. The van der Waals surface area contributed by atoms with Gasteiger partial charge in [0.1, 0.15) is 5.82 Å². The standard InChI is InChI=1S/C11H6F6O5S/c1-22-8(18)5-2-6(12)4-7(3-5)23(20,21)11(16,17)9(19)10(13,14)15/h2-4H,1H3. The summed E-state index contributed by atoms with van der Waals surface area (Å²) in [5.74, 6) is -6.68. The van der Waals surface area contributed by atoms with Crippen molar-refractivity contribution in [1.82, 2.24) is 0 Å². The van der Waals surface area contributed by atoms with Crippen LogP contribution in [0.15, 0.2) is 23.1 Å². The third kappa shape index (κ3) is 3.46. The minimum absolute atomic E-state index is 0.0562. The first-order chi connectivity index (χ1) is 10.2. The highest BCUT2D eigenvalue weighted by Gasteiger charge is 2.63. The van der Waals surface area contributed by atoms with Gasteiger partial charge in [-0.2, -0.15) is 22.0 Å². The van der Waals surface area contributed by atoms with E-state index in [9.17, 15) is 44.3 Å². The molecular weight excluding hydrogens is 358 g/mol.